The van der Waals surface area contributed by atoms with Crippen molar-refractivity contribution in [3.63, 3.8) is 0 Å². The zero-order valence-corrected chi connectivity index (χ0v) is 11.2. The molecule has 0 saturated carbocycles. The van der Waals surface area contributed by atoms with Gasteiger partial charge in [0.1, 0.15) is 5.82 Å². The topological polar surface area (TPSA) is 29.3 Å². The second kappa shape index (κ2) is 5.50. The zero-order valence-electron chi connectivity index (χ0n) is 11.2. The van der Waals surface area contributed by atoms with Crippen molar-refractivity contribution in [3.05, 3.63) is 30.1 Å². The molecule has 96 valence electrons. The summed E-state index contributed by atoms with van der Waals surface area (Å²) in [6.07, 6.45) is 0.928. The van der Waals surface area contributed by atoms with Gasteiger partial charge >= 0.3 is 0 Å². The van der Waals surface area contributed by atoms with E-state index in [-0.39, 0.29) is 17.3 Å². The van der Waals surface area contributed by atoms with Crippen molar-refractivity contribution < 1.29 is 4.39 Å². The smallest absolute Gasteiger partial charge is 0.123 e. The third-order valence-corrected chi connectivity index (χ3v) is 3.16. The zero-order chi connectivity index (χ0) is 13.1. The van der Waals surface area contributed by atoms with Crippen molar-refractivity contribution in [2.24, 2.45) is 11.1 Å². The van der Waals surface area contributed by atoms with E-state index >= 15 is 0 Å². The largest absolute Gasteiger partial charge is 0.375 e. The summed E-state index contributed by atoms with van der Waals surface area (Å²) in [6, 6.07) is 6.71. The number of nitrogens with two attached hydrogens (primary N) is 1. The Morgan fingerprint density at radius 3 is 2.24 bits per heavy atom. The Hall–Kier alpha value is -1.09. The Bertz CT molecular complexity index is 340. The fourth-order valence-corrected chi connectivity index (χ4v) is 1.59. The van der Waals surface area contributed by atoms with Crippen LogP contribution in [-0.2, 0) is 0 Å². The minimum atomic E-state index is -0.200. The van der Waals surface area contributed by atoms with Gasteiger partial charge in [0, 0.05) is 25.3 Å². The third kappa shape index (κ3) is 4.35. The molecule has 0 bridgehead atoms. The van der Waals surface area contributed by atoms with Gasteiger partial charge in [-0.2, -0.15) is 0 Å². The van der Waals surface area contributed by atoms with Gasteiger partial charge in [-0.1, -0.05) is 20.8 Å². The van der Waals surface area contributed by atoms with Gasteiger partial charge in [-0.25, -0.2) is 4.39 Å². The fourth-order valence-electron chi connectivity index (χ4n) is 1.59. The lowest BCUT2D eigenvalue weighted by Gasteiger charge is -2.29. The maximum Gasteiger partial charge on any atom is 0.123 e. The van der Waals surface area contributed by atoms with E-state index in [1.807, 2.05) is 7.05 Å². The summed E-state index contributed by atoms with van der Waals surface area (Å²) >= 11 is 0. The predicted octanol–water partition coefficient (Wildman–Crippen LogP) is 3.03. The van der Waals surface area contributed by atoms with Gasteiger partial charge in [0.15, 0.2) is 0 Å². The van der Waals surface area contributed by atoms with E-state index in [0.29, 0.717) is 0 Å². The molecule has 0 saturated heterocycles. The first kappa shape index (κ1) is 14.0. The molecule has 0 aliphatic heterocycles. The van der Waals surface area contributed by atoms with E-state index in [2.05, 4.69) is 25.7 Å². The van der Waals surface area contributed by atoms with Crippen LogP contribution in [0.15, 0.2) is 24.3 Å². The second-order valence-corrected chi connectivity index (χ2v) is 5.66. The standard InChI is InChI=1S/C14H23FN2/c1-14(2,3)13(16)9-10-17(4)12-7-5-11(15)6-8-12/h5-8,13H,9-10,16H2,1-4H3. The average molecular weight is 238 g/mol. The molecular formula is C14H23FN2. The highest BCUT2D eigenvalue weighted by molar-refractivity contribution is 5.45. The van der Waals surface area contributed by atoms with E-state index in [1.165, 1.54) is 12.1 Å². The van der Waals surface area contributed by atoms with Gasteiger partial charge in [-0.3, -0.25) is 0 Å². The summed E-state index contributed by atoms with van der Waals surface area (Å²) in [6.45, 7) is 7.32. The number of nitrogens with zero attached hydrogens (tertiary/aromatic N) is 1. The molecule has 2 N–H and O–H groups in total. The van der Waals surface area contributed by atoms with E-state index in [0.717, 1.165) is 18.7 Å². The monoisotopic (exact) mass is 238 g/mol. The molecule has 1 rings (SSSR count). The molecule has 0 aliphatic rings. The highest BCUT2D eigenvalue weighted by atomic mass is 19.1. The lowest BCUT2D eigenvalue weighted by atomic mass is 9.85. The average Bonchev–Trinajstić information content (AvgIpc) is 2.25. The van der Waals surface area contributed by atoms with Crippen LogP contribution in [0.5, 0.6) is 0 Å². The minimum Gasteiger partial charge on any atom is -0.375 e. The second-order valence-electron chi connectivity index (χ2n) is 5.66. The summed E-state index contributed by atoms with van der Waals surface area (Å²) in [7, 11) is 2.00. The molecule has 1 atom stereocenters. The molecule has 17 heavy (non-hydrogen) atoms. The van der Waals surface area contributed by atoms with Crippen LogP contribution < -0.4 is 10.6 Å². The maximum atomic E-state index is 12.8. The van der Waals surface area contributed by atoms with Crippen molar-refractivity contribution in [2.75, 3.05) is 18.5 Å². The molecule has 3 heteroatoms. The Balaban J connectivity index is 2.50. The number of halogens is 1. The summed E-state index contributed by atoms with van der Waals surface area (Å²) in [5.41, 5.74) is 7.26. The molecular weight excluding hydrogens is 215 g/mol. The van der Waals surface area contributed by atoms with Crippen LogP contribution in [0.25, 0.3) is 0 Å². The Morgan fingerprint density at radius 2 is 1.76 bits per heavy atom. The minimum absolute atomic E-state index is 0.129. The van der Waals surface area contributed by atoms with Gasteiger partial charge in [-0.05, 0) is 36.1 Å². The molecule has 0 heterocycles. The summed E-state index contributed by atoms with van der Waals surface area (Å²) in [5.74, 6) is -0.200. The molecule has 0 aromatic heterocycles. The molecule has 1 unspecified atom stereocenters. The molecule has 1 aromatic carbocycles. The Morgan fingerprint density at radius 1 is 1.24 bits per heavy atom. The van der Waals surface area contributed by atoms with Crippen LogP contribution in [0.4, 0.5) is 10.1 Å². The molecule has 0 fully saturated rings. The van der Waals surface area contributed by atoms with Crippen molar-refractivity contribution >= 4 is 5.69 Å². The van der Waals surface area contributed by atoms with Crippen molar-refractivity contribution in [3.8, 4) is 0 Å². The van der Waals surface area contributed by atoms with Gasteiger partial charge in [0.05, 0.1) is 0 Å². The van der Waals surface area contributed by atoms with E-state index in [1.54, 1.807) is 12.1 Å². The van der Waals surface area contributed by atoms with Gasteiger partial charge in [0.25, 0.3) is 0 Å². The van der Waals surface area contributed by atoms with Crippen LogP contribution in [0.2, 0.25) is 0 Å². The first-order chi connectivity index (χ1) is 7.80. The van der Waals surface area contributed by atoms with Crippen LogP contribution in [0.3, 0.4) is 0 Å². The van der Waals surface area contributed by atoms with E-state index in [4.69, 9.17) is 5.73 Å². The fraction of sp³-hybridized carbons (Fsp3) is 0.571. The first-order valence-electron chi connectivity index (χ1n) is 6.03. The number of anilines is 1. The normalized spacial score (nSPS) is 13.5. The van der Waals surface area contributed by atoms with Crippen molar-refractivity contribution in [2.45, 2.75) is 33.2 Å². The number of hydrogen-bond acceptors (Lipinski definition) is 2. The van der Waals surface area contributed by atoms with Crippen LogP contribution >= 0.6 is 0 Å². The van der Waals surface area contributed by atoms with Crippen LogP contribution in [-0.4, -0.2) is 19.6 Å². The summed E-state index contributed by atoms with van der Waals surface area (Å²) < 4.78 is 12.8. The molecule has 0 amide bonds. The van der Waals surface area contributed by atoms with Crippen molar-refractivity contribution in [1.29, 1.82) is 0 Å². The van der Waals surface area contributed by atoms with E-state index < -0.39 is 0 Å². The van der Waals surface area contributed by atoms with Crippen LogP contribution in [0.1, 0.15) is 27.2 Å². The molecule has 0 aliphatic carbocycles. The number of benzene rings is 1. The van der Waals surface area contributed by atoms with Gasteiger partial charge < -0.3 is 10.6 Å². The van der Waals surface area contributed by atoms with E-state index in [9.17, 15) is 4.39 Å². The molecule has 2 nitrogen and oxygen atoms in total. The van der Waals surface area contributed by atoms with Gasteiger partial charge in [0.2, 0.25) is 0 Å². The first-order valence-corrected chi connectivity index (χ1v) is 6.03. The summed E-state index contributed by atoms with van der Waals surface area (Å²) in [5, 5.41) is 0. The quantitative estimate of drug-likeness (QED) is 0.873. The molecule has 0 radical (unpaired) electrons. The van der Waals surface area contributed by atoms with Crippen LogP contribution in [0, 0.1) is 11.2 Å². The maximum absolute atomic E-state index is 12.8. The lowest BCUT2D eigenvalue weighted by molar-refractivity contribution is 0.308. The third-order valence-electron chi connectivity index (χ3n) is 3.16. The lowest BCUT2D eigenvalue weighted by Crippen LogP contribution is -2.38. The predicted molar refractivity (Wildman–Crippen MR) is 71.7 cm³/mol. The summed E-state index contributed by atoms with van der Waals surface area (Å²) in [4.78, 5) is 2.10. The Kier molecular flexibility index (Phi) is 4.52. The highest BCUT2D eigenvalue weighted by Gasteiger charge is 2.20. The number of hydrogen-bond donors (Lipinski definition) is 1. The SMILES string of the molecule is CN(CCC(N)C(C)(C)C)c1ccc(F)cc1. The number of rotatable bonds is 4. The Labute approximate surface area is 104 Å². The van der Waals surface area contributed by atoms with Gasteiger partial charge in [-0.15, -0.1) is 0 Å². The highest BCUT2D eigenvalue weighted by Crippen LogP contribution is 2.21. The molecule has 0 spiro atoms. The van der Waals surface area contributed by atoms with Crippen molar-refractivity contribution in [1.82, 2.24) is 0 Å². The molecule has 1 aromatic rings.